The Labute approximate surface area is 137 Å². The third-order valence-corrected chi connectivity index (χ3v) is 3.75. The van der Waals surface area contributed by atoms with Gasteiger partial charge in [-0.2, -0.15) is 0 Å². The first kappa shape index (κ1) is 17.7. The molecule has 0 saturated carbocycles. The van der Waals surface area contributed by atoms with E-state index in [0.29, 0.717) is 45.1 Å². The van der Waals surface area contributed by atoms with Crippen molar-refractivity contribution in [3.63, 3.8) is 0 Å². The minimum Gasteiger partial charge on any atom is -0.493 e. The van der Waals surface area contributed by atoms with Gasteiger partial charge in [0.25, 0.3) is 5.91 Å². The zero-order valence-corrected chi connectivity index (χ0v) is 13.9. The van der Waals surface area contributed by atoms with Gasteiger partial charge in [-0.15, -0.1) is 0 Å². The normalized spacial score (nSPS) is 17.8. The first-order valence-corrected chi connectivity index (χ1v) is 8.00. The second-order valence-electron chi connectivity index (χ2n) is 5.72. The molecular weight excluding hydrogens is 296 g/mol. The molecule has 0 unspecified atom stereocenters. The third kappa shape index (κ3) is 5.20. The van der Waals surface area contributed by atoms with E-state index in [4.69, 9.17) is 19.9 Å². The number of nitrogens with two attached hydrogens (primary N) is 1. The van der Waals surface area contributed by atoms with E-state index in [9.17, 15) is 4.79 Å². The van der Waals surface area contributed by atoms with Gasteiger partial charge >= 0.3 is 0 Å². The molecule has 1 aromatic carbocycles. The highest BCUT2D eigenvalue weighted by Crippen LogP contribution is 2.21. The van der Waals surface area contributed by atoms with E-state index in [2.05, 4.69) is 0 Å². The van der Waals surface area contributed by atoms with E-state index in [1.165, 1.54) is 0 Å². The fourth-order valence-electron chi connectivity index (χ4n) is 2.40. The summed E-state index contributed by atoms with van der Waals surface area (Å²) in [5.74, 6) is 0.679. The number of hydrogen-bond acceptors (Lipinski definition) is 5. The molecule has 6 heteroatoms. The highest BCUT2D eigenvalue weighted by atomic mass is 16.6. The van der Waals surface area contributed by atoms with Crippen LogP contribution in [0.1, 0.15) is 22.3 Å². The summed E-state index contributed by atoms with van der Waals surface area (Å²) in [6.45, 7) is 5.34. The van der Waals surface area contributed by atoms with Crippen LogP contribution in [0, 0.1) is 6.92 Å². The zero-order chi connectivity index (χ0) is 16.7. The van der Waals surface area contributed by atoms with Crippen LogP contribution in [0.5, 0.6) is 5.75 Å². The summed E-state index contributed by atoms with van der Waals surface area (Å²) in [5, 5.41) is 0. The van der Waals surface area contributed by atoms with Gasteiger partial charge in [-0.25, -0.2) is 0 Å². The molecule has 0 spiro atoms. The predicted octanol–water partition coefficient (Wildman–Crippen LogP) is 1.21. The molecule has 1 saturated heterocycles. The van der Waals surface area contributed by atoms with Crippen LogP contribution in [-0.4, -0.2) is 63.5 Å². The third-order valence-electron chi connectivity index (χ3n) is 3.75. The number of ether oxygens (including phenoxy) is 3. The summed E-state index contributed by atoms with van der Waals surface area (Å²) < 4.78 is 16.7. The molecule has 1 aliphatic rings. The average Bonchev–Trinajstić information content (AvgIpc) is 2.57. The van der Waals surface area contributed by atoms with E-state index >= 15 is 0 Å². The Hall–Kier alpha value is -1.63. The SMILES string of the molecule is Cc1ccc(C(=O)N(C)C[C@@H]2COCCO2)cc1OCCCN. The Morgan fingerprint density at radius 2 is 2.26 bits per heavy atom. The van der Waals surface area contributed by atoms with Crippen molar-refractivity contribution in [2.45, 2.75) is 19.4 Å². The van der Waals surface area contributed by atoms with Gasteiger partial charge < -0.3 is 24.8 Å². The molecule has 0 aromatic heterocycles. The van der Waals surface area contributed by atoms with Gasteiger partial charge in [0.05, 0.1) is 32.5 Å². The summed E-state index contributed by atoms with van der Waals surface area (Å²) >= 11 is 0. The maximum absolute atomic E-state index is 12.6. The second kappa shape index (κ2) is 8.86. The van der Waals surface area contributed by atoms with E-state index in [1.54, 1.807) is 18.0 Å². The lowest BCUT2D eigenvalue weighted by atomic mass is 10.1. The molecule has 1 amide bonds. The molecule has 0 aliphatic carbocycles. The maximum Gasteiger partial charge on any atom is 0.253 e. The second-order valence-corrected chi connectivity index (χ2v) is 5.72. The topological polar surface area (TPSA) is 74.0 Å². The Morgan fingerprint density at radius 1 is 1.43 bits per heavy atom. The van der Waals surface area contributed by atoms with Gasteiger partial charge in [-0.1, -0.05) is 6.07 Å². The molecular formula is C17H26N2O4. The fourth-order valence-corrected chi connectivity index (χ4v) is 2.40. The van der Waals surface area contributed by atoms with Crippen LogP contribution in [0.4, 0.5) is 0 Å². The number of nitrogens with zero attached hydrogens (tertiary/aromatic N) is 1. The predicted molar refractivity (Wildman–Crippen MR) is 87.9 cm³/mol. The van der Waals surface area contributed by atoms with Gasteiger partial charge in [0, 0.05) is 19.2 Å². The smallest absolute Gasteiger partial charge is 0.253 e. The fraction of sp³-hybridized carbons (Fsp3) is 0.588. The van der Waals surface area contributed by atoms with Crippen LogP contribution in [0.15, 0.2) is 18.2 Å². The van der Waals surface area contributed by atoms with E-state index in [0.717, 1.165) is 17.7 Å². The Balaban J connectivity index is 1.98. The van der Waals surface area contributed by atoms with E-state index < -0.39 is 0 Å². The number of hydrogen-bond donors (Lipinski definition) is 1. The maximum atomic E-state index is 12.6. The van der Waals surface area contributed by atoms with Crippen LogP contribution in [-0.2, 0) is 9.47 Å². The number of carbonyl (C=O) groups is 1. The Bertz CT molecular complexity index is 515. The number of amides is 1. The standard InChI is InChI=1S/C17H26N2O4/c1-13-4-5-14(10-16(13)23-7-3-6-18)17(20)19(2)11-15-12-21-8-9-22-15/h4-5,10,15H,3,6-9,11-12,18H2,1-2H3/t15-/m1/s1. The molecule has 1 aliphatic heterocycles. The molecule has 1 aromatic rings. The van der Waals surface area contributed by atoms with Crippen molar-refractivity contribution in [1.29, 1.82) is 0 Å². The molecule has 23 heavy (non-hydrogen) atoms. The lowest BCUT2D eigenvalue weighted by Crippen LogP contribution is -2.40. The van der Waals surface area contributed by atoms with Crippen molar-refractivity contribution in [1.82, 2.24) is 4.90 Å². The molecule has 1 atom stereocenters. The Morgan fingerprint density at radius 3 is 2.96 bits per heavy atom. The monoisotopic (exact) mass is 322 g/mol. The van der Waals surface area contributed by atoms with Crippen LogP contribution in [0.3, 0.4) is 0 Å². The van der Waals surface area contributed by atoms with Crippen LogP contribution in [0.2, 0.25) is 0 Å². The molecule has 1 heterocycles. The van der Waals surface area contributed by atoms with Crippen molar-refractivity contribution in [2.75, 3.05) is 46.6 Å². The zero-order valence-electron chi connectivity index (χ0n) is 13.9. The molecule has 6 nitrogen and oxygen atoms in total. The van der Waals surface area contributed by atoms with Crippen molar-refractivity contribution in [2.24, 2.45) is 5.73 Å². The minimum absolute atomic E-state index is 0.0529. The summed E-state index contributed by atoms with van der Waals surface area (Å²) in [7, 11) is 1.77. The van der Waals surface area contributed by atoms with Gasteiger partial charge in [-0.05, 0) is 37.6 Å². The van der Waals surface area contributed by atoms with Crippen molar-refractivity contribution < 1.29 is 19.0 Å². The number of carbonyl (C=O) groups excluding carboxylic acids is 1. The molecule has 0 radical (unpaired) electrons. The molecule has 2 N–H and O–H groups in total. The quantitative estimate of drug-likeness (QED) is 0.764. The summed E-state index contributed by atoms with van der Waals surface area (Å²) in [5.41, 5.74) is 7.09. The summed E-state index contributed by atoms with van der Waals surface area (Å²) in [6, 6.07) is 5.52. The lowest BCUT2D eigenvalue weighted by Gasteiger charge is -2.27. The van der Waals surface area contributed by atoms with Gasteiger partial charge in [-0.3, -0.25) is 4.79 Å². The molecule has 0 bridgehead atoms. The summed E-state index contributed by atoms with van der Waals surface area (Å²) in [6.07, 6.45) is 0.722. The van der Waals surface area contributed by atoms with Crippen LogP contribution < -0.4 is 10.5 Å². The number of benzene rings is 1. The molecule has 128 valence electrons. The van der Waals surface area contributed by atoms with Gasteiger partial charge in [0.1, 0.15) is 5.75 Å². The van der Waals surface area contributed by atoms with Crippen molar-refractivity contribution in [3.05, 3.63) is 29.3 Å². The number of rotatable bonds is 7. The van der Waals surface area contributed by atoms with Gasteiger partial charge in [0.15, 0.2) is 0 Å². The first-order valence-electron chi connectivity index (χ1n) is 8.00. The highest BCUT2D eigenvalue weighted by Gasteiger charge is 2.20. The summed E-state index contributed by atoms with van der Waals surface area (Å²) in [4.78, 5) is 14.2. The van der Waals surface area contributed by atoms with Crippen LogP contribution >= 0.6 is 0 Å². The van der Waals surface area contributed by atoms with E-state index in [-0.39, 0.29) is 12.0 Å². The number of likely N-dealkylation sites (N-methyl/N-ethyl adjacent to an activating group) is 1. The van der Waals surface area contributed by atoms with Crippen molar-refractivity contribution in [3.8, 4) is 5.75 Å². The largest absolute Gasteiger partial charge is 0.493 e. The molecule has 2 rings (SSSR count). The first-order chi connectivity index (χ1) is 11.1. The highest BCUT2D eigenvalue weighted by molar-refractivity contribution is 5.94. The Kier molecular flexibility index (Phi) is 6.83. The average molecular weight is 322 g/mol. The van der Waals surface area contributed by atoms with E-state index in [1.807, 2.05) is 19.1 Å². The molecule has 1 fully saturated rings. The number of aryl methyl sites for hydroxylation is 1. The van der Waals surface area contributed by atoms with Crippen molar-refractivity contribution >= 4 is 5.91 Å². The minimum atomic E-state index is -0.0663. The lowest BCUT2D eigenvalue weighted by molar-refractivity contribution is -0.0933. The van der Waals surface area contributed by atoms with Gasteiger partial charge in [0.2, 0.25) is 0 Å². The van der Waals surface area contributed by atoms with Crippen LogP contribution in [0.25, 0.3) is 0 Å².